The molecule has 7 N–H and O–H groups in total. The molecule has 2 fully saturated rings. The van der Waals surface area contributed by atoms with Gasteiger partial charge in [0.15, 0.2) is 29.8 Å². The lowest BCUT2D eigenvalue weighted by atomic mass is 10.1. The van der Waals surface area contributed by atoms with Crippen LogP contribution in [0, 0.1) is 0 Å². The number of aliphatic hydroxyl groups is 2. The van der Waals surface area contributed by atoms with E-state index >= 15 is 8.78 Å². The largest absolute Gasteiger partial charge is 0.394 e. The molecular weight excluding hydrogens is 593 g/mol. The van der Waals surface area contributed by atoms with Gasteiger partial charge in [-0.1, -0.05) is 17.5 Å². The third-order valence-electron chi connectivity index (χ3n) is 6.97. The van der Waals surface area contributed by atoms with Gasteiger partial charge in [-0.2, -0.15) is 9.67 Å². The van der Waals surface area contributed by atoms with Crippen molar-refractivity contribution in [3.63, 3.8) is 0 Å². The molecule has 0 radical (unpaired) electrons. The molecule has 4 aromatic heterocycles. The molecule has 2 saturated heterocycles. The number of nitrogen functional groups attached to an aromatic ring is 2. The Bertz CT molecular complexity index is 1720. The Morgan fingerprint density at radius 2 is 1.93 bits per heavy atom. The highest BCUT2D eigenvalue weighted by molar-refractivity contribution is 8.46. The normalized spacial score (nSPS) is 31.7. The van der Waals surface area contributed by atoms with Crippen molar-refractivity contribution in [2.24, 2.45) is 0 Å². The van der Waals surface area contributed by atoms with Crippen molar-refractivity contribution in [3.8, 4) is 0 Å². The van der Waals surface area contributed by atoms with Crippen molar-refractivity contribution >= 4 is 52.8 Å². The van der Waals surface area contributed by atoms with Crippen LogP contribution < -0.4 is 17.0 Å². The number of thiol groups is 1. The number of aliphatic hydroxyl groups excluding tert-OH is 2. The first-order valence-electron chi connectivity index (χ1n) is 12.0. The molecule has 6 rings (SSSR count). The highest BCUT2D eigenvalue weighted by Crippen LogP contribution is 2.64. The van der Waals surface area contributed by atoms with Gasteiger partial charge in [0.05, 0.1) is 18.6 Å². The average molecular weight is 617 g/mol. The van der Waals surface area contributed by atoms with Gasteiger partial charge in [0.1, 0.15) is 47.9 Å². The van der Waals surface area contributed by atoms with Crippen molar-refractivity contribution in [1.82, 2.24) is 39.5 Å². The first-order valence-corrected chi connectivity index (χ1v) is 14.9. The van der Waals surface area contributed by atoms with Gasteiger partial charge in [-0.3, -0.25) is 14.3 Å². The molecule has 0 saturated carbocycles. The maximum Gasteiger partial charge on any atom is 0.282 e. The van der Waals surface area contributed by atoms with Gasteiger partial charge in [-0.05, 0) is 6.07 Å². The summed E-state index contributed by atoms with van der Waals surface area (Å²) >= 11 is 4.10. The molecule has 21 heteroatoms. The second kappa shape index (κ2) is 10.2. The predicted molar refractivity (Wildman–Crippen MR) is 139 cm³/mol. The SMILES string of the molecule is Nc1nc2c(nnn2C2OC(CO)[C@H](F)[C@H]2P(=O)(S)OC[C@H]2O[C@@H](n3ccc4c(N)ncnc43)[C@@H](F)[C@@H]2O)c(=O)[nH]1. The molecular formula is C20H23F2N10O7PS. The molecule has 0 amide bonds. The van der Waals surface area contributed by atoms with Crippen molar-refractivity contribution in [3.05, 3.63) is 28.9 Å². The van der Waals surface area contributed by atoms with Crippen LogP contribution in [-0.2, 0) is 18.6 Å². The predicted octanol–water partition coefficient (Wildman–Crippen LogP) is -0.544. The summed E-state index contributed by atoms with van der Waals surface area (Å²) in [7, 11) is 0. The van der Waals surface area contributed by atoms with E-state index in [9.17, 15) is 19.6 Å². The van der Waals surface area contributed by atoms with E-state index in [0.29, 0.717) is 5.39 Å². The molecule has 9 atom stereocenters. The number of nitrogens with two attached hydrogens (primary N) is 2. The molecule has 0 aromatic carbocycles. The number of alkyl halides is 2. The molecule has 0 bridgehead atoms. The zero-order valence-electron chi connectivity index (χ0n) is 20.6. The lowest BCUT2D eigenvalue weighted by molar-refractivity contribution is -0.0424. The van der Waals surface area contributed by atoms with Crippen LogP contribution in [0.3, 0.4) is 0 Å². The fourth-order valence-corrected chi connectivity index (χ4v) is 7.48. The first-order chi connectivity index (χ1) is 19.5. The van der Waals surface area contributed by atoms with Crippen molar-refractivity contribution in [1.29, 1.82) is 0 Å². The molecule has 0 aliphatic carbocycles. The number of aromatic nitrogens is 8. The van der Waals surface area contributed by atoms with Crippen molar-refractivity contribution in [2.75, 3.05) is 24.7 Å². The van der Waals surface area contributed by atoms with Crippen LogP contribution in [0.1, 0.15) is 12.5 Å². The molecule has 2 aliphatic rings. The molecule has 220 valence electrons. The van der Waals surface area contributed by atoms with E-state index in [1.807, 2.05) is 0 Å². The number of hydrogen-bond donors (Lipinski definition) is 6. The van der Waals surface area contributed by atoms with Crippen LogP contribution in [-0.4, -0.2) is 99.2 Å². The zero-order valence-corrected chi connectivity index (χ0v) is 22.4. The average Bonchev–Trinajstić information content (AvgIpc) is 3.68. The van der Waals surface area contributed by atoms with Crippen molar-refractivity contribution < 1.29 is 37.6 Å². The Hall–Kier alpha value is -3.26. The lowest BCUT2D eigenvalue weighted by Gasteiger charge is -2.26. The van der Waals surface area contributed by atoms with Crippen LogP contribution >= 0.6 is 18.8 Å². The van der Waals surface area contributed by atoms with E-state index in [-0.39, 0.29) is 28.6 Å². The van der Waals surface area contributed by atoms with Gasteiger partial charge < -0.3 is 40.2 Å². The number of aromatic amines is 1. The summed E-state index contributed by atoms with van der Waals surface area (Å²) in [5, 5.41) is 28.1. The lowest BCUT2D eigenvalue weighted by Crippen LogP contribution is -2.33. The molecule has 4 aromatic rings. The number of fused-ring (bicyclic) bond motifs is 2. The molecule has 6 heterocycles. The monoisotopic (exact) mass is 616 g/mol. The fourth-order valence-electron chi connectivity index (χ4n) is 4.96. The van der Waals surface area contributed by atoms with Crippen LogP contribution in [0.5, 0.6) is 0 Å². The number of hydrogen-bond acceptors (Lipinski definition) is 14. The number of H-pyrrole nitrogens is 1. The van der Waals surface area contributed by atoms with E-state index in [2.05, 4.69) is 42.5 Å². The number of halogens is 2. The van der Waals surface area contributed by atoms with E-state index in [1.54, 1.807) is 6.07 Å². The third-order valence-corrected chi connectivity index (χ3v) is 9.93. The topological polar surface area (TPSA) is 244 Å². The Balaban J connectivity index is 1.25. The quantitative estimate of drug-likeness (QED) is 0.113. The van der Waals surface area contributed by atoms with Gasteiger partial charge in [-0.15, -0.1) is 5.10 Å². The maximum atomic E-state index is 15.5. The molecule has 41 heavy (non-hydrogen) atoms. The molecule has 2 aliphatic heterocycles. The minimum absolute atomic E-state index is 0.163. The van der Waals surface area contributed by atoms with Gasteiger partial charge in [-0.25, -0.2) is 18.7 Å². The van der Waals surface area contributed by atoms with E-state index in [0.717, 1.165) is 4.68 Å². The van der Waals surface area contributed by atoms with Crippen LogP contribution in [0.4, 0.5) is 20.5 Å². The van der Waals surface area contributed by atoms with E-state index in [1.165, 1.54) is 17.1 Å². The number of nitrogens with one attached hydrogen (secondary N) is 1. The standard InChI is InChI=1S/C20H23F2N10O7PS/c21-9-7(3-33)38-19(32-16-11(29-30-32)17(35)28-20(24)27-16)13(9)40(36,41)37-4-8-12(34)10(22)18(39-8)31-2-1-6-14(23)25-5-26-15(6)31/h1-2,5,7-10,12-13,18-19,33-34H,3-4H2,(H,36,41)(H2,23,25,26)(H3,24,27,28,35)/t7?,8-,9+,10+,12-,13-,18-,19?,40?/m1/s1. The minimum Gasteiger partial charge on any atom is -0.394 e. The number of anilines is 2. The number of rotatable bonds is 7. The Kier molecular flexibility index (Phi) is 6.96. The summed E-state index contributed by atoms with van der Waals surface area (Å²) in [4.78, 5) is 26.3. The first kappa shape index (κ1) is 27.9. The highest BCUT2D eigenvalue weighted by Gasteiger charge is 2.56. The summed E-state index contributed by atoms with van der Waals surface area (Å²) < 4.78 is 63.3. The maximum absolute atomic E-state index is 15.5. The summed E-state index contributed by atoms with van der Waals surface area (Å²) in [6.07, 6.45) is -8.87. The zero-order chi connectivity index (χ0) is 29.2. The second-order valence-electron chi connectivity index (χ2n) is 9.42. The Labute approximate surface area is 232 Å². The molecule has 3 unspecified atom stereocenters. The third kappa shape index (κ3) is 4.55. The summed E-state index contributed by atoms with van der Waals surface area (Å²) in [6, 6.07) is 1.56. The second-order valence-corrected chi connectivity index (χ2v) is 13.1. The van der Waals surface area contributed by atoms with Crippen molar-refractivity contribution in [2.45, 2.75) is 48.8 Å². The Morgan fingerprint density at radius 3 is 2.68 bits per heavy atom. The van der Waals surface area contributed by atoms with Gasteiger partial charge in [0.2, 0.25) is 5.95 Å². The summed E-state index contributed by atoms with van der Waals surface area (Å²) in [5.41, 5.74) is 8.79. The van der Waals surface area contributed by atoms with Gasteiger partial charge in [0, 0.05) is 6.20 Å². The van der Waals surface area contributed by atoms with Gasteiger partial charge in [0.25, 0.3) is 12.1 Å². The summed E-state index contributed by atoms with van der Waals surface area (Å²) in [6.45, 7) is -5.85. The highest BCUT2D eigenvalue weighted by atomic mass is 32.7. The van der Waals surface area contributed by atoms with E-state index < -0.39 is 74.1 Å². The number of ether oxygens (including phenoxy) is 2. The minimum atomic E-state index is -4.38. The number of nitrogens with zero attached hydrogens (tertiary/aromatic N) is 7. The van der Waals surface area contributed by atoms with Gasteiger partial charge >= 0.3 is 0 Å². The Morgan fingerprint density at radius 1 is 1.17 bits per heavy atom. The van der Waals surface area contributed by atoms with Crippen LogP contribution in [0.25, 0.3) is 22.2 Å². The van der Waals surface area contributed by atoms with Crippen LogP contribution in [0.2, 0.25) is 0 Å². The van der Waals surface area contributed by atoms with E-state index in [4.69, 9.17) is 25.5 Å². The molecule has 17 nitrogen and oxygen atoms in total. The van der Waals surface area contributed by atoms with Crippen LogP contribution in [0.15, 0.2) is 23.4 Å². The smallest absolute Gasteiger partial charge is 0.282 e. The fraction of sp³-hybridized carbons (Fsp3) is 0.500. The summed E-state index contributed by atoms with van der Waals surface area (Å²) in [5.74, 6) is -0.134. The molecule has 0 spiro atoms.